The maximum Gasteiger partial charge on any atom is 0.0652 e. The number of rotatable bonds is 6. The van der Waals surface area contributed by atoms with E-state index in [1.165, 1.54) is 0 Å². The van der Waals surface area contributed by atoms with Crippen molar-refractivity contribution in [1.82, 2.24) is 5.32 Å². The van der Waals surface area contributed by atoms with Gasteiger partial charge in [0.1, 0.15) is 0 Å². The Bertz CT molecular complexity index is 315. The molecule has 1 aromatic carbocycles. The first-order valence-corrected chi connectivity index (χ1v) is 6.02. The van der Waals surface area contributed by atoms with Crippen molar-refractivity contribution in [2.24, 2.45) is 0 Å². The summed E-state index contributed by atoms with van der Waals surface area (Å²) < 4.78 is 6.02. The second-order valence-electron chi connectivity index (χ2n) is 3.92. The molecule has 3 nitrogen and oxygen atoms in total. The number of hydrogen-bond acceptors (Lipinski definition) is 3. The van der Waals surface area contributed by atoms with Gasteiger partial charge in [0, 0.05) is 18.1 Å². The lowest BCUT2D eigenvalue weighted by atomic mass is 9.93. The van der Waals surface area contributed by atoms with Crippen LogP contribution < -0.4 is 5.32 Å². The van der Waals surface area contributed by atoms with Gasteiger partial charge in [-0.05, 0) is 24.6 Å². The van der Waals surface area contributed by atoms with Gasteiger partial charge in [-0.3, -0.25) is 0 Å². The van der Waals surface area contributed by atoms with Crippen molar-refractivity contribution < 1.29 is 9.84 Å². The molecule has 0 spiro atoms. The molecule has 0 saturated heterocycles. The third-order valence-corrected chi connectivity index (χ3v) is 3.15. The zero-order chi connectivity index (χ0) is 12.0. The summed E-state index contributed by atoms with van der Waals surface area (Å²) in [5.74, 6) is 0. The molecule has 0 heterocycles. The van der Waals surface area contributed by atoms with E-state index in [4.69, 9.17) is 4.74 Å². The van der Waals surface area contributed by atoms with Crippen LogP contribution in [0.3, 0.4) is 0 Å². The monoisotopic (exact) mass is 287 g/mol. The van der Waals surface area contributed by atoms with E-state index in [1.54, 1.807) is 7.11 Å². The van der Waals surface area contributed by atoms with E-state index in [-0.39, 0.29) is 6.61 Å². The van der Waals surface area contributed by atoms with E-state index in [9.17, 15) is 5.11 Å². The quantitative estimate of drug-likeness (QED) is 0.786. The summed E-state index contributed by atoms with van der Waals surface area (Å²) in [7, 11) is 1.66. The first-order chi connectivity index (χ1) is 7.62. The van der Waals surface area contributed by atoms with Gasteiger partial charge in [0.15, 0.2) is 0 Å². The lowest BCUT2D eigenvalue weighted by molar-refractivity contribution is 0.148. The van der Waals surface area contributed by atoms with Crippen molar-refractivity contribution in [3.63, 3.8) is 0 Å². The molecular formula is C12H18BrNO2. The molecule has 0 aliphatic carbocycles. The van der Waals surface area contributed by atoms with Gasteiger partial charge in [-0.25, -0.2) is 0 Å². The first kappa shape index (κ1) is 13.6. The van der Waals surface area contributed by atoms with Crippen LogP contribution in [0.5, 0.6) is 0 Å². The van der Waals surface area contributed by atoms with Crippen LogP contribution in [0.2, 0.25) is 0 Å². The Morgan fingerprint density at radius 3 is 2.50 bits per heavy atom. The predicted molar refractivity (Wildman–Crippen MR) is 68.5 cm³/mol. The van der Waals surface area contributed by atoms with Crippen LogP contribution in [0, 0.1) is 0 Å². The molecule has 1 rings (SSSR count). The highest BCUT2D eigenvalue weighted by Crippen LogP contribution is 2.22. The molecule has 0 aromatic heterocycles. The number of methoxy groups -OCH3 is 1. The molecule has 1 aromatic rings. The van der Waals surface area contributed by atoms with E-state index < -0.39 is 5.54 Å². The third kappa shape index (κ3) is 3.56. The van der Waals surface area contributed by atoms with Crippen molar-refractivity contribution in [2.45, 2.75) is 12.5 Å². The third-order valence-electron chi connectivity index (χ3n) is 2.62. The van der Waals surface area contributed by atoms with Gasteiger partial charge in [0.2, 0.25) is 0 Å². The number of ether oxygens (including phenoxy) is 1. The minimum atomic E-state index is -0.417. The Morgan fingerprint density at radius 1 is 1.38 bits per heavy atom. The molecule has 4 heteroatoms. The SMILES string of the molecule is COCCNC(C)(CO)c1ccc(Br)cc1. The molecule has 0 fully saturated rings. The average Bonchev–Trinajstić information content (AvgIpc) is 2.30. The highest BCUT2D eigenvalue weighted by atomic mass is 79.9. The number of aliphatic hydroxyl groups excluding tert-OH is 1. The van der Waals surface area contributed by atoms with Crippen molar-refractivity contribution in [3.8, 4) is 0 Å². The minimum Gasteiger partial charge on any atom is -0.394 e. The summed E-state index contributed by atoms with van der Waals surface area (Å²) in [6.45, 7) is 3.37. The fraction of sp³-hybridized carbons (Fsp3) is 0.500. The Kier molecular flexibility index (Phi) is 5.41. The van der Waals surface area contributed by atoms with E-state index in [2.05, 4.69) is 21.2 Å². The summed E-state index contributed by atoms with van der Waals surface area (Å²) in [5.41, 5.74) is 0.647. The lowest BCUT2D eigenvalue weighted by Gasteiger charge is -2.29. The molecule has 0 aliphatic heterocycles. The Hall–Kier alpha value is -0.420. The van der Waals surface area contributed by atoms with Crippen molar-refractivity contribution in [1.29, 1.82) is 0 Å². The molecule has 1 atom stereocenters. The maximum atomic E-state index is 9.49. The van der Waals surface area contributed by atoms with Gasteiger partial charge in [0.05, 0.1) is 18.8 Å². The Labute approximate surface area is 105 Å². The van der Waals surface area contributed by atoms with Gasteiger partial charge in [-0.15, -0.1) is 0 Å². The zero-order valence-electron chi connectivity index (χ0n) is 9.66. The average molecular weight is 288 g/mol. The van der Waals surface area contributed by atoms with Crippen LogP contribution in [-0.4, -0.2) is 32.0 Å². The second kappa shape index (κ2) is 6.35. The summed E-state index contributed by atoms with van der Waals surface area (Å²) in [6, 6.07) is 7.95. The molecule has 0 saturated carbocycles. The van der Waals surface area contributed by atoms with Gasteiger partial charge >= 0.3 is 0 Å². The second-order valence-corrected chi connectivity index (χ2v) is 4.83. The van der Waals surface area contributed by atoms with Crippen LogP contribution in [0.25, 0.3) is 0 Å². The highest BCUT2D eigenvalue weighted by Gasteiger charge is 2.24. The van der Waals surface area contributed by atoms with Crippen LogP contribution in [0.1, 0.15) is 12.5 Å². The van der Waals surface area contributed by atoms with E-state index >= 15 is 0 Å². The molecule has 90 valence electrons. The normalized spacial score (nSPS) is 14.8. The Morgan fingerprint density at radius 2 is 2.00 bits per heavy atom. The van der Waals surface area contributed by atoms with Crippen LogP contribution in [-0.2, 0) is 10.3 Å². The van der Waals surface area contributed by atoms with Gasteiger partial charge < -0.3 is 15.2 Å². The molecule has 2 N–H and O–H groups in total. The smallest absolute Gasteiger partial charge is 0.0652 e. The van der Waals surface area contributed by atoms with Crippen LogP contribution in [0.15, 0.2) is 28.7 Å². The van der Waals surface area contributed by atoms with Crippen molar-refractivity contribution in [3.05, 3.63) is 34.3 Å². The maximum absolute atomic E-state index is 9.49. The standard InChI is InChI=1S/C12H18BrNO2/c1-12(9-15,14-7-8-16-2)10-3-5-11(13)6-4-10/h3-6,14-15H,7-9H2,1-2H3. The Balaban J connectivity index is 2.74. The van der Waals surface area contributed by atoms with Crippen molar-refractivity contribution in [2.75, 3.05) is 26.9 Å². The number of halogens is 1. The van der Waals surface area contributed by atoms with E-state index in [0.717, 1.165) is 10.0 Å². The van der Waals surface area contributed by atoms with Gasteiger partial charge in [-0.2, -0.15) is 0 Å². The minimum absolute atomic E-state index is 0.0539. The fourth-order valence-corrected chi connectivity index (χ4v) is 1.76. The number of aliphatic hydroxyl groups is 1. The molecule has 0 bridgehead atoms. The van der Waals surface area contributed by atoms with Crippen LogP contribution >= 0.6 is 15.9 Å². The summed E-state index contributed by atoms with van der Waals surface area (Å²) in [4.78, 5) is 0. The number of benzene rings is 1. The molecule has 1 unspecified atom stereocenters. The zero-order valence-corrected chi connectivity index (χ0v) is 11.3. The van der Waals surface area contributed by atoms with E-state index in [1.807, 2.05) is 31.2 Å². The topological polar surface area (TPSA) is 41.5 Å². The summed E-state index contributed by atoms with van der Waals surface area (Å²) in [6.07, 6.45) is 0. The lowest BCUT2D eigenvalue weighted by Crippen LogP contribution is -2.44. The van der Waals surface area contributed by atoms with Crippen molar-refractivity contribution >= 4 is 15.9 Å². The highest BCUT2D eigenvalue weighted by molar-refractivity contribution is 9.10. The van der Waals surface area contributed by atoms with Gasteiger partial charge in [0.25, 0.3) is 0 Å². The summed E-state index contributed by atoms with van der Waals surface area (Å²) in [5, 5.41) is 12.8. The molecule has 0 amide bonds. The largest absolute Gasteiger partial charge is 0.394 e. The summed E-state index contributed by atoms with van der Waals surface area (Å²) >= 11 is 3.40. The molecule has 0 aliphatic rings. The number of hydrogen-bond donors (Lipinski definition) is 2. The molecule has 16 heavy (non-hydrogen) atoms. The van der Waals surface area contributed by atoms with Crippen LogP contribution in [0.4, 0.5) is 0 Å². The molecular weight excluding hydrogens is 270 g/mol. The molecule has 0 radical (unpaired) electrons. The predicted octanol–water partition coefficient (Wildman–Crippen LogP) is 1.89. The van der Waals surface area contributed by atoms with E-state index in [0.29, 0.717) is 13.2 Å². The first-order valence-electron chi connectivity index (χ1n) is 5.23. The number of nitrogens with one attached hydrogen (secondary N) is 1. The van der Waals surface area contributed by atoms with Gasteiger partial charge in [-0.1, -0.05) is 28.1 Å². The fourth-order valence-electron chi connectivity index (χ4n) is 1.50.